The predicted molar refractivity (Wildman–Crippen MR) is 57.9 cm³/mol. The summed E-state index contributed by atoms with van der Waals surface area (Å²) in [4.78, 5) is 0. The Bertz CT molecular complexity index is 347. The zero-order chi connectivity index (χ0) is 10.6. The van der Waals surface area contributed by atoms with E-state index < -0.39 is 0 Å². The molecule has 76 valence electrons. The van der Waals surface area contributed by atoms with Gasteiger partial charge in [-0.3, -0.25) is 0 Å². The summed E-state index contributed by atoms with van der Waals surface area (Å²) in [6.07, 6.45) is 2.70. The van der Waals surface area contributed by atoms with E-state index in [0.717, 1.165) is 17.6 Å². The average molecular weight is 214 g/mol. The van der Waals surface area contributed by atoms with Crippen molar-refractivity contribution in [1.82, 2.24) is 0 Å². The molecule has 0 fully saturated rings. The molecule has 0 atom stereocenters. The van der Waals surface area contributed by atoms with Crippen LogP contribution in [0.4, 0.5) is 4.39 Å². The van der Waals surface area contributed by atoms with Crippen LogP contribution in [-0.2, 0) is 6.42 Å². The van der Waals surface area contributed by atoms with E-state index in [9.17, 15) is 4.39 Å². The van der Waals surface area contributed by atoms with Crippen LogP contribution in [0.1, 0.15) is 12.5 Å². The molecule has 0 bridgehead atoms. The second kappa shape index (κ2) is 5.13. The summed E-state index contributed by atoms with van der Waals surface area (Å²) in [5, 5.41) is 0.162. The molecule has 3 heteroatoms. The fourth-order valence-corrected chi connectivity index (χ4v) is 1.41. The first-order chi connectivity index (χ1) is 6.67. The Morgan fingerprint density at radius 2 is 2.29 bits per heavy atom. The lowest BCUT2D eigenvalue weighted by Crippen LogP contribution is -2.05. The van der Waals surface area contributed by atoms with Gasteiger partial charge in [-0.15, -0.1) is 0 Å². The first kappa shape index (κ1) is 11.2. The molecule has 2 N–H and O–H groups in total. The Morgan fingerprint density at radius 1 is 1.57 bits per heavy atom. The minimum atomic E-state index is -0.384. The molecule has 0 heterocycles. The first-order valence-electron chi connectivity index (χ1n) is 4.45. The number of hydrogen-bond donors (Lipinski definition) is 1. The molecule has 0 spiro atoms. The zero-order valence-electron chi connectivity index (χ0n) is 8.06. The molecule has 1 rings (SSSR count). The molecule has 0 aliphatic carbocycles. The van der Waals surface area contributed by atoms with E-state index in [-0.39, 0.29) is 10.8 Å². The Morgan fingerprint density at radius 3 is 2.79 bits per heavy atom. The minimum Gasteiger partial charge on any atom is -0.327 e. The topological polar surface area (TPSA) is 26.0 Å². The van der Waals surface area contributed by atoms with E-state index in [1.807, 2.05) is 13.0 Å². The van der Waals surface area contributed by atoms with Gasteiger partial charge in [-0.1, -0.05) is 29.3 Å². The van der Waals surface area contributed by atoms with Gasteiger partial charge in [0, 0.05) is 6.54 Å². The van der Waals surface area contributed by atoms with Crippen molar-refractivity contribution in [3.8, 4) is 0 Å². The molecule has 1 aromatic rings. The van der Waals surface area contributed by atoms with Crippen molar-refractivity contribution in [2.75, 3.05) is 6.54 Å². The molecule has 0 saturated carbocycles. The Kier molecular flexibility index (Phi) is 4.11. The average Bonchev–Trinajstić information content (AvgIpc) is 2.19. The Balaban J connectivity index is 2.82. The van der Waals surface area contributed by atoms with Crippen molar-refractivity contribution in [2.45, 2.75) is 13.3 Å². The summed E-state index contributed by atoms with van der Waals surface area (Å²) in [6.45, 7) is 2.46. The highest BCUT2D eigenvalue weighted by atomic mass is 35.5. The molecule has 0 radical (unpaired) electrons. The van der Waals surface area contributed by atoms with Crippen molar-refractivity contribution >= 4 is 11.6 Å². The highest BCUT2D eigenvalue weighted by Crippen LogP contribution is 2.17. The van der Waals surface area contributed by atoms with Crippen molar-refractivity contribution < 1.29 is 4.39 Å². The number of allylic oxidation sites excluding steroid dienone is 1. The van der Waals surface area contributed by atoms with E-state index in [1.54, 1.807) is 12.1 Å². The SMILES string of the molecule is C/C=C(\CN)Cc1ccc(F)c(Cl)c1. The van der Waals surface area contributed by atoms with Crippen LogP contribution in [0, 0.1) is 5.82 Å². The third-order valence-electron chi connectivity index (χ3n) is 2.09. The quantitative estimate of drug-likeness (QED) is 0.768. The van der Waals surface area contributed by atoms with Crippen molar-refractivity contribution in [2.24, 2.45) is 5.73 Å². The van der Waals surface area contributed by atoms with Gasteiger partial charge in [0.25, 0.3) is 0 Å². The molecule has 0 unspecified atom stereocenters. The molecule has 0 aliphatic rings. The van der Waals surface area contributed by atoms with Gasteiger partial charge in [0.1, 0.15) is 5.82 Å². The van der Waals surface area contributed by atoms with Crippen LogP contribution in [0.15, 0.2) is 29.8 Å². The van der Waals surface area contributed by atoms with Gasteiger partial charge in [-0.05, 0) is 31.0 Å². The van der Waals surface area contributed by atoms with Gasteiger partial charge in [0.05, 0.1) is 5.02 Å². The van der Waals surface area contributed by atoms with Crippen molar-refractivity contribution in [1.29, 1.82) is 0 Å². The van der Waals surface area contributed by atoms with Gasteiger partial charge < -0.3 is 5.73 Å². The number of nitrogens with two attached hydrogens (primary N) is 1. The molecular weight excluding hydrogens is 201 g/mol. The summed E-state index contributed by atoms with van der Waals surface area (Å²) in [5.41, 5.74) is 7.62. The maximum absolute atomic E-state index is 12.8. The van der Waals surface area contributed by atoms with E-state index in [2.05, 4.69) is 0 Å². The normalized spacial score (nSPS) is 11.9. The van der Waals surface area contributed by atoms with Gasteiger partial charge in [-0.2, -0.15) is 0 Å². The van der Waals surface area contributed by atoms with E-state index in [1.165, 1.54) is 6.07 Å². The lowest BCUT2D eigenvalue weighted by molar-refractivity contribution is 0.627. The summed E-state index contributed by atoms with van der Waals surface area (Å²) in [7, 11) is 0. The van der Waals surface area contributed by atoms with Crippen LogP contribution in [0.2, 0.25) is 5.02 Å². The van der Waals surface area contributed by atoms with Crippen LogP contribution in [0.25, 0.3) is 0 Å². The van der Waals surface area contributed by atoms with Gasteiger partial charge in [0.2, 0.25) is 0 Å². The lowest BCUT2D eigenvalue weighted by Gasteiger charge is -2.04. The first-order valence-corrected chi connectivity index (χ1v) is 4.83. The van der Waals surface area contributed by atoms with Crippen LogP contribution in [0.3, 0.4) is 0 Å². The second-order valence-electron chi connectivity index (χ2n) is 3.08. The van der Waals surface area contributed by atoms with Gasteiger partial charge >= 0.3 is 0 Å². The van der Waals surface area contributed by atoms with Crippen molar-refractivity contribution in [3.63, 3.8) is 0 Å². The summed E-state index contributed by atoms with van der Waals surface area (Å²) in [6, 6.07) is 4.73. The molecule has 1 nitrogen and oxygen atoms in total. The number of hydrogen-bond acceptors (Lipinski definition) is 1. The zero-order valence-corrected chi connectivity index (χ0v) is 8.81. The maximum Gasteiger partial charge on any atom is 0.141 e. The maximum atomic E-state index is 12.8. The van der Waals surface area contributed by atoms with Gasteiger partial charge in [0.15, 0.2) is 0 Å². The molecule has 14 heavy (non-hydrogen) atoms. The summed E-state index contributed by atoms with van der Waals surface area (Å²) < 4.78 is 12.8. The minimum absolute atomic E-state index is 0.162. The molecule has 0 amide bonds. The molecular formula is C11H13ClFN. The molecule has 0 aromatic heterocycles. The summed E-state index contributed by atoms with van der Waals surface area (Å²) >= 11 is 5.66. The van der Waals surface area contributed by atoms with E-state index in [4.69, 9.17) is 17.3 Å². The van der Waals surface area contributed by atoms with Gasteiger partial charge in [-0.25, -0.2) is 4.39 Å². The third-order valence-corrected chi connectivity index (χ3v) is 2.38. The van der Waals surface area contributed by atoms with Crippen LogP contribution < -0.4 is 5.73 Å². The summed E-state index contributed by atoms with van der Waals surface area (Å²) in [5.74, 6) is -0.384. The Labute approximate surface area is 88.4 Å². The molecule has 0 saturated heterocycles. The lowest BCUT2D eigenvalue weighted by atomic mass is 10.1. The molecule has 0 aliphatic heterocycles. The van der Waals surface area contributed by atoms with Crippen LogP contribution in [0.5, 0.6) is 0 Å². The second-order valence-corrected chi connectivity index (χ2v) is 3.48. The number of benzene rings is 1. The standard InChI is InChI=1S/C11H13ClFN/c1-2-8(7-14)5-9-3-4-11(13)10(12)6-9/h2-4,6H,5,7,14H2,1H3/b8-2-. The molecule has 1 aromatic carbocycles. The largest absolute Gasteiger partial charge is 0.327 e. The van der Waals surface area contributed by atoms with Crippen LogP contribution >= 0.6 is 11.6 Å². The Hall–Kier alpha value is -0.860. The fourth-order valence-electron chi connectivity index (χ4n) is 1.20. The number of halogens is 2. The highest BCUT2D eigenvalue weighted by molar-refractivity contribution is 6.30. The predicted octanol–water partition coefficient (Wildman–Crippen LogP) is 2.93. The monoisotopic (exact) mass is 213 g/mol. The number of rotatable bonds is 3. The smallest absolute Gasteiger partial charge is 0.141 e. The fraction of sp³-hybridized carbons (Fsp3) is 0.273. The third kappa shape index (κ3) is 2.82. The van der Waals surface area contributed by atoms with Crippen LogP contribution in [-0.4, -0.2) is 6.54 Å². The highest BCUT2D eigenvalue weighted by Gasteiger charge is 2.02. The van der Waals surface area contributed by atoms with E-state index >= 15 is 0 Å². The van der Waals surface area contributed by atoms with E-state index in [0.29, 0.717) is 6.54 Å². The van der Waals surface area contributed by atoms with Crippen molar-refractivity contribution in [3.05, 3.63) is 46.3 Å².